The third-order valence-corrected chi connectivity index (χ3v) is 4.10. The molecule has 0 saturated heterocycles. The van der Waals surface area contributed by atoms with Crippen molar-refractivity contribution in [3.63, 3.8) is 0 Å². The molecule has 0 heterocycles. The summed E-state index contributed by atoms with van der Waals surface area (Å²) in [6, 6.07) is 7.27. The first-order valence-electron chi connectivity index (χ1n) is 8.55. The van der Waals surface area contributed by atoms with Gasteiger partial charge in [0, 0.05) is 30.8 Å². The number of hydrogen-bond donors (Lipinski definition) is 0. The van der Waals surface area contributed by atoms with Crippen LogP contribution in [0.1, 0.15) is 24.2 Å². The smallest absolute Gasteiger partial charge is 0.253 e. The van der Waals surface area contributed by atoms with Gasteiger partial charge in [-0.05, 0) is 32.0 Å². The number of amides is 1. The maximum Gasteiger partial charge on any atom is 0.253 e. The first-order chi connectivity index (χ1) is 13.0. The lowest BCUT2D eigenvalue weighted by molar-refractivity contribution is 0.0772. The summed E-state index contributed by atoms with van der Waals surface area (Å²) in [6.45, 7) is 4.86. The summed E-state index contributed by atoms with van der Waals surface area (Å²) in [5, 5.41) is 0. The number of carbonyl (C=O) groups is 1. The van der Waals surface area contributed by atoms with Gasteiger partial charge in [0.25, 0.3) is 5.91 Å². The van der Waals surface area contributed by atoms with E-state index in [0.717, 1.165) is 0 Å². The first kappa shape index (κ1) is 20.4. The van der Waals surface area contributed by atoms with Crippen LogP contribution in [-0.4, -0.2) is 45.2 Å². The van der Waals surface area contributed by atoms with E-state index in [1.807, 2.05) is 13.8 Å². The molecule has 0 aliphatic carbocycles. The largest absolute Gasteiger partial charge is 0.493 e. The molecule has 6 nitrogen and oxygen atoms in total. The van der Waals surface area contributed by atoms with Crippen LogP contribution in [0.4, 0.5) is 4.39 Å². The highest BCUT2D eigenvalue weighted by Gasteiger charge is 2.18. The van der Waals surface area contributed by atoms with Gasteiger partial charge in [-0.2, -0.15) is 0 Å². The van der Waals surface area contributed by atoms with Crippen molar-refractivity contribution in [3.8, 4) is 28.7 Å². The molecule has 0 radical (unpaired) electrons. The van der Waals surface area contributed by atoms with Crippen LogP contribution in [0, 0.1) is 5.82 Å². The molecule has 0 atom stereocenters. The molecule has 0 aliphatic rings. The molecule has 0 aliphatic heterocycles. The normalized spacial score (nSPS) is 10.3. The number of rotatable bonds is 8. The number of carbonyl (C=O) groups excluding carboxylic acids is 1. The fourth-order valence-electron chi connectivity index (χ4n) is 2.65. The zero-order valence-electron chi connectivity index (χ0n) is 16.2. The lowest BCUT2D eigenvalue weighted by atomic mass is 10.1. The minimum absolute atomic E-state index is 0.0135. The third kappa shape index (κ3) is 4.42. The summed E-state index contributed by atoms with van der Waals surface area (Å²) in [6.07, 6.45) is 0. The van der Waals surface area contributed by atoms with Crippen LogP contribution >= 0.6 is 0 Å². The van der Waals surface area contributed by atoms with Crippen LogP contribution in [0.25, 0.3) is 0 Å². The predicted molar refractivity (Wildman–Crippen MR) is 99.8 cm³/mol. The van der Waals surface area contributed by atoms with E-state index in [-0.39, 0.29) is 17.2 Å². The van der Waals surface area contributed by atoms with Gasteiger partial charge < -0.3 is 23.8 Å². The highest BCUT2D eigenvalue weighted by Crippen LogP contribution is 2.42. The summed E-state index contributed by atoms with van der Waals surface area (Å²) >= 11 is 0. The molecule has 0 N–H and O–H groups in total. The standard InChI is InChI=1S/C20H24FNO5/c1-6-22(7-2)20(23)13-8-9-16(15(21)10-13)27-14-11-17(24-3)19(26-5)18(12-14)25-4/h8-12H,6-7H2,1-5H3. The average molecular weight is 377 g/mol. The van der Waals surface area contributed by atoms with E-state index >= 15 is 0 Å². The van der Waals surface area contributed by atoms with Crippen molar-refractivity contribution < 1.29 is 28.1 Å². The molecule has 2 rings (SSSR count). The van der Waals surface area contributed by atoms with Gasteiger partial charge in [0.2, 0.25) is 5.75 Å². The second-order valence-electron chi connectivity index (χ2n) is 5.59. The number of benzene rings is 2. The van der Waals surface area contributed by atoms with E-state index in [4.69, 9.17) is 18.9 Å². The fraction of sp³-hybridized carbons (Fsp3) is 0.350. The molecule has 146 valence electrons. The Labute approximate surface area is 158 Å². The van der Waals surface area contributed by atoms with Crippen LogP contribution in [0.3, 0.4) is 0 Å². The topological polar surface area (TPSA) is 57.2 Å². The highest BCUT2D eigenvalue weighted by atomic mass is 19.1. The SMILES string of the molecule is CCN(CC)C(=O)c1ccc(Oc2cc(OC)c(OC)c(OC)c2)c(F)c1. The summed E-state index contributed by atoms with van der Waals surface area (Å²) in [4.78, 5) is 14.0. The van der Waals surface area contributed by atoms with E-state index in [1.165, 1.54) is 39.5 Å². The minimum atomic E-state index is -0.637. The Balaban J connectivity index is 2.32. The van der Waals surface area contributed by atoms with E-state index in [1.54, 1.807) is 17.0 Å². The molecule has 7 heteroatoms. The molecule has 0 fully saturated rings. The zero-order valence-corrected chi connectivity index (χ0v) is 16.2. The van der Waals surface area contributed by atoms with Crippen molar-refractivity contribution in [2.24, 2.45) is 0 Å². The molecule has 2 aromatic rings. The Morgan fingerprint density at radius 1 is 0.926 bits per heavy atom. The maximum absolute atomic E-state index is 14.5. The van der Waals surface area contributed by atoms with Crippen molar-refractivity contribution >= 4 is 5.91 Å². The molecule has 2 aromatic carbocycles. The van der Waals surface area contributed by atoms with Gasteiger partial charge in [-0.25, -0.2) is 4.39 Å². The third-order valence-electron chi connectivity index (χ3n) is 4.10. The second-order valence-corrected chi connectivity index (χ2v) is 5.59. The predicted octanol–water partition coefficient (Wildman–Crippen LogP) is 4.13. The fourth-order valence-corrected chi connectivity index (χ4v) is 2.65. The Hall–Kier alpha value is -2.96. The van der Waals surface area contributed by atoms with E-state index in [9.17, 15) is 9.18 Å². The number of nitrogens with zero attached hydrogens (tertiary/aromatic N) is 1. The van der Waals surface area contributed by atoms with Gasteiger partial charge in [-0.15, -0.1) is 0 Å². The van der Waals surface area contributed by atoms with E-state index in [0.29, 0.717) is 36.1 Å². The quantitative estimate of drug-likeness (QED) is 0.692. The van der Waals surface area contributed by atoms with Crippen LogP contribution in [-0.2, 0) is 0 Å². The average Bonchev–Trinajstić information content (AvgIpc) is 2.69. The minimum Gasteiger partial charge on any atom is -0.493 e. The lowest BCUT2D eigenvalue weighted by Crippen LogP contribution is -2.30. The molecular weight excluding hydrogens is 353 g/mol. The van der Waals surface area contributed by atoms with Gasteiger partial charge in [-0.3, -0.25) is 4.79 Å². The molecule has 0 spiro atoms. The van der Waals surface area contributed by atoms with Crippen molar-refractivity contribution in [3.05, 3.63) is 41.7 Å². The molecule has 27 heavy (non-hydrogen) atoms. The Morgan fingerprint density at radius 2 is 1.52 bits per heavy atom. The maximum atomic E-state index is 14.5. The van der Waals surface area contributed by atoms with Crippen molar-refractivity contribution in [2.75, 3.05) is 34.4 Å². The van der Waals surface area contributed by atoms with Gasteiger partial charge in [0.05, 0.1) is 21.3 Å². The number of hydrogen-bond acceptors (Lipinski definition) is 5. The van der Waals surface area contributed by atoms with E-state index in [2.05, 4.69) is 0 Å². The molecule has 0 unspecified atom stereocenters. The Morgan fingerprint density at radius 3 is 1.96 bits per heavy atom. The molecular formula is C20H24FNO5. The summed E-state index contributed by atoms with van der Waals surface area (Å²) in [7, 11) is 4.46. The monoisotopic (exact) mass is 377 g/mol. The summed E-state index contributed by atoms with van der Waals surface area (Å²) in [5.74, 6) is 0.626. The van der Waals surface area contributed by atoms with Crippen LogP contribution in [0.2, 0.25) is 0 Å². The van der Waals surface area contributed by atoms with Crippen molar-refractivity contribution in [1.29, 1.82) is 0 Å². The lowest BCUT2D eigenvalue weighted by Gasteiger charge is -2.19. The molecule has 0 bridgehead atoms. The van der Waals surface area contributed by atoms with Crippen molar-refractivity contribution in [1.82, 2.24) is 4.90 Å². The Bertz CT molecular complexity index is 780. The van der Waals surface area contributed by atoms with Gasteiger partial charge in [0.15, 0.2) is 23.1 Å². The zero-order chi connectivity index (χ0) is 20.0. The first-order valence-corrected chi connectivity index (χ1v) is 8.55. The second kappa shape index (κ2) is 9.12. The molecule has 0 aromatic heterocycles. The Kier molecular flexibility index (Phi) is 6.87. The van der Waals surface area contributed by atoms with E-state index < -0.39 is 5.82 Å². The number of methoxy groups -OCH3 is 3. The highest BCUT2D eigenvalue weighted by molar-refractivity contribution is 5.94. The van der Waals surface area contributed by atoms with Gasteiger partial charge in [-0.1, -0.05) is 0 Å². The van der Waals surface area contributed by atoms with Gasteiger partial charge >= 0.3 is 0 Å². The number of ether oxygens (including phenoxy) is 4. The summed E-state index contributed by atoms with van der Waals surface area (Å²) < 4.78 is 35.9. The van der Waals surface area contributed by atoms with Crippen LogP contribution < -0.4 is 18.9 Å². The number of halogens is 1. The van der Waals surface area contributed by atoms with Crippen LogP contribution in [0.5, 0.6) is 28.7 Å². The molecule has 0 saturated carbocycles. The van der Waals surface area contributed by atoms with Crippen molar-refractivity contribution in [2.45, 2.75) is 13.8 Å². The molecule has 1 amide bonds. The van der Waals surface area contributed by atoms with Gasteiger partial charge in [0.1, 0.15) is 5.75 Å². The van der Waals surface area contributed by atoms with Crippen LogP contribution in [0.15, 0.2) is 30.3 Å². The summed E-state index contributed by atoms with van der Waals surface area (Å²) in [5.41, 5.74) is 0.272.